The Balaban J connectivity index is 0.00000242. The highest BCUT2D eigenvalue weighted by Gasteiger charge is 2.38. The van der Waals surface area contributed by atoms with Crippen LogP contribution in [0.3, 0.4) is 0 Å². The second-order valence-corrected chi connectivity index (χ2v) is 6.34. The zero-order chi connectivity index (χ0) is 15.0. The third-order valence-corrected chi connectivity index (χ3v) is 4.83. The van der Waals surface area contributed by atoms with Gasteiger partial charge in [0.15, 0.2) is 0 Å². The van der Waals surface area contributed by atoms with Crippen LogP contribution in [0.2, 0.25) is 0 Å². The van der Waals surface area contributed by atoms with E-state index in [-0.39, 0.29) is 18.3 Å². The summed E-state index contributed by atoms with van der Waals surface area (Å²) in [5, 5.41) is 3.03. The van der Waals surface area contributed by atoms with Crippen LogP contribution in [0.4, 0.5) is 0 Å². The molecular weight excluding hydrogens is 304 g/mol. The maximum Gasteiger partial charge on any atom is 0.227 e. The molecule has 2 aliphatic rings. The summed E-state index contributed by atoms with van der Waals surface area (Å²) in [7, 11) is 0. The zero-order valence-corrected chi connectivity index (χ0v) is 14.3. The molecule has 1 saturated heterocycles. The van der Waals surface area contributed by atoms with Crippen LogP contribution in [-0.2, 0) is 14.3 Å². The smallest absolute Gasteiger partial charge is 0.227 e. The molecule has 0 bridgehead atoms. The molecule has 0 unspecified atom stereocenters. The van der Waals surface area contributed by atoms with Crippen LogP contribution in [0, 0.1) is 5.41 Å². The van der Waals surface area contributed by atoms with Crippen LogP contribution < -0.4 is 11.1 Å². The minimum Gasteiger partial charge on any atom is -0.381 e. The normalized spacial score (nSPS) is 21.9. The van der Waals surface area contributed by atoms with Crippen molar-refractivity contribution in [2.45, 2.75) is 57.5 Å². The van der Waals surface area contributed by atoms with E-state index in [2.05, 4.69) is 5.32 Å². The molecule has 0 aromatic carbocycles. The number of hydrogen-bond acceptors (Lipinski definition) is 4. The number of carbonyl (C=O) groups is 1. The molecule has 6 heteroatoms. The molecule has 5 nitrogen and oxygen atoms in total. The van der Waals surface area contributed by atoms with Gasteiger partial charge in [-0.1, -0.05) is 19.3 Å². The van der Waals surface area contributed by atoms with Gasteiger partial charge >= 0.3 is 0 Å². The Morgan fingerprint density at radius 1 is 1.23 bits per heavy atom. The van der Waals surface area contributed by atoms with Gasteiger partial charge in [0.1, 0.15) is 0 Å². The summed E-state index contributed by atoms with van der Waals surface area (Å²) in [6, 6.07) is 0. The summed E-state index contributed by atoms with van der Waals surface area (Å²) in [5.41, 5.74) is 5.41. The minimum atomic E-state index is -0.414. The SMILES string of the molecule is Cl.NCC1(C(=O)NCCCOC2CCCCC2)CCOCC1. The van der Waals surface area contributed by atoms with Crippen molar-refractivity contribution in [1.82, 2.24) is 5.32 Å². The fourth-order valence-electron chi connectivity index (χ4n) is 3.23. The first-order chi connectivity index (χ1) is 10.3. The third kappa shape index (κ3) is 5.69. The van der Waals surface area contributed by atoms with Crippen LogP contribution in [0.25, 0.3) is 0 Å². The fraction of sp³-hybridized carbons (Fsp3) is 0.938. The van der Waals surface area contributed by atoms with Gasteiger partial charge in [0.05, 0.1) is 11.5 Å². The monoisotopic (exact) mass is 334 g/mol. The first kappa shape index (κ1) is 19.7. The number of halogens is 1. The standard InChI is InChI=1S/C16H30N2O3.ClH/c17-13-16(7-11-20-12-8-16)15(19)18-9-4-10-21-14-5-2-1-3-6-14;/h14H,1-13,17H2,(H,18,19);1H. The largest absolute Gasteiger partial charge is 0.381 e. The van der Waals surface area contributed by atoms with E-state index in [1.807, 2.05) is 0 Å². The summed E-state index contributed by atoms with van der Waals surface area (Å²) in [6.07, 6.45) is 9.11. The molecule has 1 saturated carbocycles. The number of nitrogens with one attached hydrogen (secondary N) is 1. The zero-order valence-electron chi connectivity index (χ0n) is 13.5. The van der Waals surface area contributed by atoms with E-state index in [0.29, 0.717) is 32.4 Å². The number of hydrogen-bond donors (Lipinski definition) is 2. The molecule has 0 atom stereocenters. The van der Waals surface area contributed by atoms with E-state index in [1.165, 1.54) is 32.1 Å². The maximum atomic E-state index is 12.3. The van der Waals surface area contributed by atoms with Gasteiger partial charge in [0, 0.05) is 32.9 Å². The summed E-state index contributed by atoms with van der Waals surface area (Å²) in [4.78, 5) is 12.3. The number of ether oxygens (including phenoxy) is 2. The predicted octanol–water partition coefficient (Wildman–Crippen LogP) is 2.02. The van der Waals surface area contributed by atoms with E-state index in [9.17, 15) is 4.79 Å². The molecule has 3 N–H and O–H groups in total. The van der Waals surface area contributed by atoms with Crippen molar-refractivity contribution in [2.24, 2.45) is 11.1 Å². The summed E-state index contributed by atoms with van der Waals surface area (Å²) in [5.74, 6) is 0.0889. The van der Waals surface area contributed by atoms with Crippen LogP contribution in [0.1, 0.15) is 51.4 Å². The first-order valence-electron chi connectivity index (χ1n) is 8.44. The Hall–Kier alpha value is -0.360. The topological polar surface area (TPSA) is 73.6 Å². The Kier molecular flexibility index (Phi) is 9.33. The highest BCUT2D eigenvalue weighted by atomic mass is 35.5. The summed E-state index contributed by atoms with van der Waals surface area (Å²) >= 11 is 0. The van der Waals surface area contributed by atoms with Crippen LogP contribution in [-0.4, -0.2) is 44.9 Å². The van der Waals surface area contributed by atoms with Gasteiger partial charge in [-0.2, -0.15) is 0 Å². The minimum absolute atomic E-state index is 0. The van der Waals surface area contributed by atoms with Gasteiger partial charge in [-0.25, -0.2) is 0 Å². The van der Waals surface area contributed by atoms with E-state index in [0.717, 1.165) is 25.9 Å². The molecule has 2 fully saturated rings. The molecule has 2 rings (SSSR count). The van der Waals surface area contributed by atoms with Gasteiger partial charge in [0.2, 0.25) is 5.91 Å². The average Bonchev–Trinajstić information content (AvgIpc) is 2.56. The van der Waals surface area contributed by atoms with E-state index < -0.39 is 5.41 Å². The molecule has 22 heavy (non-hydrogen) atoms. The number of amides is 1. The predicted molar refractivity (Wildman–Crippen MR) is 89.2 cm³/mol. The average molecular weight is 335 g/mol. The van der Waals surface area contributed by atoms with Gasteiger partial charge in [-0.3, -0.25) is 4.79 Å². The van der Waals surface area contributed by atoms with Crippen molar-refractivity contribution in [1.29, 1.82) is 0 Å². The van der Waals surface area contributed by atoms with Gasteiger partial charge in [-0.15, -0.1) is 12.4 Å². The Morgan fingerprint density at radius 3 is 2.55 bits per heavy atom. The number of carbonyl (C=O) groups excluding carboxylic acids is 1. The molecule has 0 aromatic heterocycles. The van der Waals surface area contributed by atoms with Gasteiger partial charge < -0.3 is 20.5 Å². The summed E-state index contributed by atoms with van der Waals surface area (Å²) in [6.45, 7) is 3.09. The molecule has 1 heterocycles. The molecule has 1 aliphatic heterocycles. The van der Waals surface area contributed by atoms with Crippen LogP contribution in [0.5, 0.6) is 0 Å². The molecule has 0 spiro atoms. The van der Waals surface area contributed by atoms with Crippen molar-refractivity contribution >= 4 is 18.3 Å². The highest BCUT2D eigenvalue weighted by Crippen LogP contribution is 2.29. The molecule has 130 valence electrons. The Labute approximate surface area is 140 Å². The van der Waals surface area contributed by atoms with Gasteiger partial charge in [-0.05, 0) is 32.1 Å². The van der Waals surface area contributed by atoms with Crippen molar-refractivity contribution in [3.63, 3.8) is 0 Å². The molecule has 1 aliphatic carbocycles. The Bertz CT molecular complexity index is 317. The van der Waals surface area contributed by atoms with E-state index in [1.54, 1.807) is 0 Å². The number of rotatable bonds is 7. The lowest BCUT2D eigenvalue weighted by Crippen LogP contribution is -2.49. The molecule has 0 aromatic rings. The maximum absolute atomic E-state index is 12.3. The van der Waals surface area contributed by atoms with Crippen molar-refractivity contribution in [3.05, 3.63) is 0 Å². The van der Waals surface area contributed by atoms with Crippen molar-refractivity contribution in [2.75, 3.05) is 32.9 Å². The third-order valence-electron chi connectivity index (χ3n) is 4.83. The van der Waals surface area contributed by atoms with E-state index in [4.69, 9.17) is 15.2 Å². The summed E-state index contributed by atoms with van der Waals surface area (Å²) < 4.78 is 11.2. The lowest BCUT2D eigenvalue weighted by molar-refractivity contribution is -0.135. The number of nitrogens with two attached hydrogens (primary N) is 1. The van der Waals surface area contributed by atoms with E-state index >= 15 is 0 Å². The Morgan fingerprint density at radius 2 is 1.91 bits per heavy atom. The van der Waals surface area contributed by atoms with Crippen LogP contribution in [0.15, 0.2) is 0 Å². The van der Waals surface area contributed by atoms with Crippen molar-refractivity contribution < 1.29 is 14.3 Å². The molecule has 0 radical (unpaired) electrons. The molecular formula is C16H31ClN2O3. The first-order valence-corrected chi connectivity index (χ1v) is 8.44. The quantitative estimate of drug-likeness (QED) is 0.699. The van der Waals surface area contributed by atoms with Gasteiger partial charge in [0.25, 0.3) is 0 Å². The second kappa shape index (κ2) is 10.4. The van der Waals surface area contributed by atoms with Crippen molar-refractivity contribution in [3.8, 4) is 0 Å². The second-order valence-electron chi connectivity index (χ2n) is 6.34. The van der Waals surface area contributed by atoms with Crippen LogP contribution >= 0.6 is 12.4 Å². The lowest BCUT2D eigenvalue weighted by atomic mass is 9.79. The lowest BCUT2D eigenvalue weighted by Gasteiger charge is -2.34. The fourth-order valence-corrected chi connectivity index (χ4v) is 3.23. The molecule has 1 amide bonds. The highest BCUT2D eigenvalue weighted by molar-refractivity contribution is 5.85.